The van der Waals surface area contributed by atoms with Gasteiger partial charge in [-0.2, -0.15) is 0 Å². The summed E-state index contributed by atoms with van der Waals surface area (Å²) >= 11 is 0. The van der Waals surface area contributed by atoms with E-state index in [1.807, 2.05) is 38.1 Å². The van der Waals surface area contributed by atoms with E-state index in [4.69, 9.17) is 4.74 Å². The summed E-state index contributed by atoms with van der Waals surface area (Å²) in [5.74, 6) is 0.290. The predicted octanol–water partition coefficient (Wildman–Crippen LogP) is 4.03. The van der Waals surface area contributed by atoms with Gasteiger partial charge in [-0.25, -0.2) is 0 Å². The molecule has 0 atom stereocenters. The average Bonchev–Trinajstić information content (AvgIpc) is 2.60. The van der Waals surface area contributed by atoms with Gasteiger partial charge in [-0.15, -0.1) is 0 Å². The Morgan fingerprint density at radius 3 is 2.15 bits per heavy atom. The molecule has 0 saturated heterocycles. The number of amides is 2. The van der Waals surface area contributed by atoms with Gasteiger partial charge < -0.3 is 15.0 Å². The van der Waals surface area contributed by atoms with E-state index in [-0.39, 0.29) is 24.5 Å². The molecule has 0 unspecified atom stereocenters. The third-order valence-electron chi connectivity index (χ3n) is 3.85. The van der Waals surface area contributed by atoms with Crippen molar-refractivity contribution in [2.45, 2.75) is 40.2 Å². The lowest BCUT2D eigenvalue weighted by atomic mass is 10.1. The lowest BCUT2D eigenvalue weighted by Crippen LogP contribution is -2.36. The number of nitrogens with one attached hydrogen (secondary N) is 1. The third kappa shape index (κ3) is 5.62. The summed E-state index contributed by atoms with van der Waals surface area (Å²) in [6, 6.07) is 14.8. The number of carbonyl (C=O) groups excluding carboxylic acids is 2. The van der Waals surface area contributed by atoms with Gasteiger partial charge >= 0.3 is 0 Å². The lowest BCUT2D eigenvalue weighted by Gasteiger charge is -2.21. The van der Waals surface area contributed by atoms with Gasteiger partial charge in [0.2, 0.25) is 11.8 Å². The lowest BCUT2D eigenvalue weighted by molar-refractivity contribution is -0.120. The Labute approximate surface area is 155 Å². The largest absolute Gasteiger partial charge is 0.491 e. The molecule has 2 amide bonds. The molecule has 0 bridgehead atoms. The Morgan fingerprint density at radius 2 is 1.65 bits per heavy atom. The number of rotatable bonds is 7. The molecule has 5 heteroatoms. The summed E-state index contributed by atoms with van der Waals surface area (Å²) in [6.45, 7) is 7.38. The molecule has 2 aromatic rings. The Kier molecular flexibility index (Phi) is 6.78. The van der Waals surface area contributed by atoms with Gasteiger partial charge in [0, 0.05) is 18.3 Å². The number of hydrogen-bond donors (Lipinski definition) is 1. The number of nitrogens with zero attached hydrogens (tertiary/aromatic N) is 1. The summed E-state index contributed by atoms with van der Waals surface area (Å²) in [5, 5.41) is 2.83. The van der Waals surface area contributed by atoms with Crippen LogP contribution in [0.15, 0.2) is 48.5 Å². The van der Waals surface area contributed by atoms with E-state index in [0.29, 0.717) is 5.69 Å². The molecule has 0 aliphatic rings. The van der Waals surface area contributed by atoms with Crippen molar-refractivity contribution in [1.82, 2.24) is 0 Å². The van der Waals surface area contributed by atoms with Gasteiger partial charge in [0.05, 0.1) is 6.10 Å². The second kappa shape index (κ2) is 9.04. The first-order valence-electron chi connectivity index (χ1n) is 8.82. The molecule has 0 aliphatic heterocycles. The maximum absolute atomic E-state index is 12.3. The maximum atomic E-state index is 12.3. The fraction of sp³-hybridized carbons (Fsp3) is 0.333. The van der Waals surface area contributed by atoms with E-state index in [2.05, 4.69) is 12.2 Å². The van der Waals surface area contributed by atoms with Crippen molar-refractivity contribution in [3.8, 4) is 5.75 Å². The van der Waals surface area contributed by atoms with E-state index in [1.165, 1.54) is 17.4 Å². The average molecular weight is 354 g/mol. The van der Waals surface area contributed by atoms with E-state index in [9.17, 15) is 9.59 Å². The quantitative estimate of drug-likeness (QED) is 0.817. The molecule has 0 aromatic heterocycles. The van der Waals surface area contributed by atoms with Crippen LogP contribution in [0.5, 0.6) is 5.75 Å². The van der Waals surface area contributed by atoms with Crippen LogP contribution in [-0.4, -0.2) is 24.5 Å². The summed E-state index contributed by atoms with van der Waals surface area (Å²) in [6.07, 6.45) is 1.03. The van der Waals surface area contributed by atoms with Crippen molar-refractivity contribution in [2.75, 3.05) is 16.8 Å². The summed E-state index contributed by atoms with van der Waals surface area (Å²) in [7, 11) is 0. The van der Waals surface area contributed by atoms with E-state index < -0.39 is 0 Å². The summed E-state index contributed by atoms with van der Waals surface area (Å²) < 4.78 is 5.61. The molecule has 0 fully saturated rings. The van der Waals surface area contributed by atoms with Crippen LogP contribution < -0.4 is 15.0 Å². The van der Waals surface area contributed by atoms with E-state index >= 15 is 0 Å². The van der Waals surface area contributed by atoms with Crippen LogP contribution in [0, 0.1) is 0 Å². The summed E-state index contributed by atoms with van der Waals surface area (Å²) in [4.78, 5) is 25.8. The predicted molar refractivity (Wildman–Crippen MR) is 105 cm³/mol. The second-order valence-electron chi connectivity index (χ2n) is 6.36. The highest BCUT2D eigenvalue weighted by Crippen LogP contribution is 2.21. The molecular weight excluding hydrogens is 328 g/mol. The topological polar surface area (TPSA) is 58.6 Å². The number of ether oxygens (including phenoxy) is 1. The Hall–Kier alpha value is -2.82. The molecular formula is C21H26N2O3. The Bertz CT molecular complexity index is 737. The van der Waals surface area contributed by atoms with Crippen LogP contribution in [0.2, 0.25) is 0 Å². The van der Waals surface area contributed by atoms with Gasteiger partial charge in [-0.1, -0.05) is 19.1 Å². The van der Waals surface area contributed by atoms with E-state index in [0.717, 1.165) is 17.9 Å². The molecule has 0 heterocycles. The van der Waals surface area contributed by atoms with Gasteiger partial charge in [0.25, 0.3) is 0 Å². The molecule has 0 radical (unpaired) electrons. The number of aryl methyl sites for hydroxylation is 1. The molecule has 138 valence electrons. The standard InChI is InChI=1S/C21H26N2O3/c1-5-17-6-8-18(9-7-17)22-21(25)14-23(16(4)24)19-10-12-20(13-11-19)26-15(2)3/h6-13,15H,5,14H2,1-4H3,(H,22,25). The Balaban J connectivity index is 2.04. The fourth-order valence-corrected chi connectivity index (χ4v) is 2.53. The number of carbonyl (C=O) groups is 2. The van der Waals surface area contributed by atoms with E-state index in [1.54, 1.807) is 24.3 Å². The van der Waals surface area contributed by atoms with Crippen molar-refractivity contribution in [3.05, 3.63) is 54.1 Å². The number of anilines is 2. The van der Waals surface area contributed by atoms with Crippen molar-refractivity contribution < 1.29 is 14.3 Å². The molecule has 0 spiro atoms. The van der Waals surface area contributed by atoms with Crippen LogP contribution in [0.4, 0.5) is 11.4 Å². The normalized spacial score (nSPS) is 10.5. The monoisotopic (exact) mass is 354 g/mol. The minimum absolute atomic E-state index is 0.0464. The SMILES string of the molecule is CCc1ccc(NC(=O)CN(C(C)=O)c2ccc(OC(C)C)cc2)cc1. The summed E-state index contributed by atoms with van der Waals surface area (Å²) in [5.41, 5.74) is 2.58. The van der Waals surface area contributed by atoms with Crippen molar-refractivity contribution >= 4 is 23.2 Å². The van der Waals surface area contributed by atoms with Gasteiger partial charge in [-0.3, -0.25) is 9.59 Å². The van der Waals surface area contributed by atoms with Crippen LogP contribution >= 0.6 is 0 Å². The fourth-order valence-electron chi connectivity index (χ4n) is 2.53. The zero-order valence-electron chi connectivity index (χ0n) is 15.8. The molecule has 26 heavy (non-hydrogen) atoms. The first-order valence-corrected chi connectivity index (χ1v) is 8.82. The third-order valence-corrected chi connectivity index (χ3v) is 3.85. The first-order chi connectivity index (χ1) is 12.4. The van der Waals surface area contributed by atoms with Crippen LogP contribution in [-0.2, 0) is 16.0 Å². The first kappa shape index (κ1) is 19.5. The smallest absolute Gasteiger partial charge is 0.244 e. The zero-order valence-corrected chi connectivity index (χ0v) is 15.8. The minimum Gasteiger partial charge on any atom is -0.491 e. The van der Waals surface area contributed by atoms with Crippen molar-refractivity contribution in [3.63, 3.8) is 0 Å². The van der Waals surface area contributed by atoms with Gasteiger partial charge in [0.1, 0.15) is 12.3 Å². The minimum atomic E-state index is -0.244. The van der Waals surface area contributed by atoms with Crippen LogP contribution in [0.3, 0.4) is 0 Å². The van der Waals surface area contributed by atoms with Gasteiger partial charge in [-0.05, 0) is 62.2 Å². The number of hydrogen-bond acceptors (Lipinski definition) is 3. The Morgan fingerprint density at radius 1 is 1.04 bits per heavy atom. The second-order valence-corrected chi connectivity index (χ2v) is 6.36. The molecule has 1 N–H and O–H groups in total. The molecule has 2 rings (SSSR count). The van der Waals surface area contributed by atoms with Crippen molar-refractivity contribution in [1.29, 1.82) is 0 Å². The highest BCUT2D eigenvalue weighted by Gasteiger charge is 2.16. The maximum Gasteiger partial charge on any atom is 0.244 e. The van der Waals surface area contributed by atoms with Crippen LogP contribution in [0.25, 0.3) is 0 Å². The van der Waals surface area contributed by atoms with Gasteiger partial charge in [0.15, 0.2) is 0 Å². The van der Waals surface area contributed by atoms with Crippen molar-refractivity contribution in [2.24, 2.45) is 0 Å². The van der Waals surface area contributed by atoms with Crippen LogP contribution in [0.1, 0.15) is 33.3 Å². The molecule has 2 aromatic carbocycles. The number of benzene rings is 2. The highest BCUT2D eigenvalue weighted by molar-refractivity contribution is 6.01. The molecule has 0 aliphatic carbocycles. The zero-order chi connectivity index (χ0) is 19.1. The molecule has 0 saturated carbocycles. The highest BCUT2D eigenvalue weighted by atomic mass is 16.5. The molecule has 5 nitrogen and oxygen atoms in total.